The standard InChI is InChI=1S/C13H16FN5O2/c1-2-6-15-7-12-16-9-17-18(12)8-10-4-3-5-11(13(10)14)19(20)21/h3-5,9,15H,2,6-8H2,1H3. The van der Waals surface area contributed by atoms with Gasteiger partial charge in [0.25, 0.3) is 0 Å². The minimum atomic E-state index is -0.828. The summed E-state index contributed by atoms with van der Waals surface area (Å²) in [6.07, 6.45) is 2.38. The number of nitro benzene ring substituents is 1. The maximum atomic E-state index is 14.0. The number of nitro groups is 1. The van der Waals surface area contributed by atoms with E-state index in [1.54, 1.807) is 0 Å². The third-order valence-electron chi connectivity index (χ3n) is 2.98. The Kier molecular flexibility index (Phi) is 4.94. The van der Waals surface area contributed by atoms with Crippen molar-refractivity contribution >= 4 is 5.69 Å². The van der Waals surface area contributed by atoms with Crippen LogP contribution in [0.2, 0.25) is 0 Å². The van der Waals surface area contributed by atoms with Crippen molar-refractivity contribution in [1.29, 1.82) is 0 Å². The molecule has 0 amide bonds. The minimum absolute atomic E-state index is 0.108. The molecule has 1 aromatic heterocycles. The van der Waals surface area contributed by atoms with E-state index in [1.807, 2.05) is 0 Å². The van der Waals surface area contributed by atoms with E-state index >= 15 is 0 Å². The first kappa shape index (κ1) is 15.0. The Bertz CT molecular complexity index is 629. The molecule has 0 fully saturated rings. The highest BCUT2D eigenvalue weighted by atomic mass is 19.1. The molecule has 0 bridgehead atoms. The molecule has 0 spiro atoms. The predicted molar refractivity (Wildman–Crippen MR) is 74.2 cm³/mol. The largest absolute Gasteiger partial charge is 0.310 e. The molecule has 0 radical (unpaired) electrons. The number of halogens is 1. The van der Waals surface area contributed by atoms with Crippen molar-refractivity contribution in [2.75, 3.05) is 6.54 Å². The Morgan fingerprint density at radius 1 is 1.48 bits per heavy atom. The second-order valence-corrected chi connectivity index (χ2v) is 4.52. The molecule has 0 unspecified atom stereocenters. The summed E-state index contributed by atoms with van der Waals surface area (Å²) in [4.78, 5) is 14.1. The number of nitrogens with one attached hydrogen (secondary N) is 1. The number of hydrogen-bond donors (Lipinski definition) is 1. The molecule has 0 aliphatic rings. The van der Waals surface area contributed by atoms with Crippen LogP contribution in [-0.2, 0) is 13.1 Å². The first-order valence-corrected chi connectivity index (χ1v) is 6.62. The lowest BCUT2D eigenvalue weighted by Crippen LogP contribution is -2.19. The highest BCUT2D eigenvalue weighted by molar-refractivity contribution is 5.36. The molecule has 2 aromatic rings. The number of aromatic nitrogens is 3. The van der Waals surface area contributed by atoms with Crippen LogP contribution in [-0.4, -0.2) is 26.2 Å². The van der Waals surface area contributed by atoms with E-state index in [2.05, 4.69) is 22.3 Å². The zero-order valence-electron chi connectivity index (χ0n) is 11.6. The van der Waals surface area contributed by atoms with Gasteiger partial charge in [0.2, 0.25) is 5.82 Å². The van der Waals surface area contributed by atoms with E-state index in [-0.39, 0.29) is 12.1 Å². The van der Waals surface area contributed by atoms with Gasteiger partial charge in [-0.25, -0.2) is 9.67 Å². The van der Waals surface area contributed by atoms with Gasteiger partial charge < -0.3 is 5.32 Å². The van der Waals surface area contributed by atoms with Crippen molar-refractivity contribution in [3.63, 3.8) is 0 Å². The average Bonchev–Trinajstić information content (AvgIpc) is 2.88. The number of nitrogens with zero attached hydrogens (tertiary/aromatic N) is 4. The lowest BCUT2D eigenvalue weighted by atomic mass is 10.2. The monoisotopic (exact) mass is 293 g/mol. The van der Waals surface area contributed by atoms with Crippen LogP contribution in [0.25, 0.3) is 0 Å². The summed E-state index contributed by atoms with van der Waals surface area (Å²) in [5.74, 6) is -0.167. The third-order valence-corrected chi connectivity index (χ3v) is 2.98. The van der Waals surface area contributed by atoms with Crippen molar-refractivity contribution in [3.8, 4) is 0 Å². The maximum Gasteiger partial charge on any atom is 0.305 e. The first-order chi connectivity index (χ1) is 10.1. The predicted octanol–water partition coefficient (Wildman–Crippen LogP) is 1.87. The molecule has 1 aromatic carbocycles. The summed E-state index contributed by atoms with van der Waals surface area (Å²) in [6, 6.07) is 4.11. The molecule has 21 heavy (non-hydrogen) atoms. The minimum Gasteiger partial charge on any atom is -0.310 e. The molecule has 0 saturated heterocycles. The third kappa shape index (κ3) is 3.60. The fraction of sp³-hybridized carbons (Fsp3) is 0.385. The summed E-state index contributed by atoms with van der Waals surface area (Å²) in [5, 5.41) is 18.0. The maximum absolute atomic E-state index is 14.0. The van der Waals surface area contributed by atoms with Crippen LogP contribution in [0.5, 0.6) is 0 Å². The van der Waals surface area contributed by atoms with Crippen molar-refractivity contribution in [3.05, 3.63) is 51.8 Å². The first-order valence-electron chi connectivity index (χ1n) is 6.62. The highest BCUT2D eigenvalue weighted by Crippen LogP contribution is 2.20. The van der Waals surface area contributed by atoms with E-state index < -0.39 is 16.4 Å². The van der Waals surface area contributed by atoms with Gasteiger partial charge in [0.15, 0.2) is 0 Å². The highest BCUT2D eigenvalue weighted by Gasteiger charge is 2.18. The SMILES string of the molecule is CCCNCc1ncnn1Cc1cccc([N+](=O)[O-])c1F. The number of benzene rings is 1. The molecule has 1 N–H and O–H groups in total. The van der Waals surface area contributed by atoms with Gasteiger partial charge in [0.05, 0.1) is 18.0 Å². The summed E-state index contributed by atoms with van der Waals surface area (Å²) < 4.78 is 15.6. The Morgan fingerprint density at radius 2 is 2.29 bits per heavy atom. The fourth-order valence-corrected chi connectivity index (χ4v) is 1.92. The normalized spacial score (nSPS) is 10.8. The zero-order valence-corrected chi connectivity index (χ0v) is 11.6. The Labute approximate surface area is 121 Å². The van der Waals surface area contributed by atoms with Crippen LogP contribution < -0.4 is 5.32 Å². The van der Waals surface area contributed by atoms with E-state index in [9.17, 15) is 14.5 Å². The molecule has 112 valence electrons. The van der Waals surface area contributed by atoms with Crippen LogP contribution in [0.1, 0.15) is 24.7 Å². The second-order valence-electron chi connectivity index (χ2n) is 4.52. The quantitative estimate of drug-likeness (QED) is 0.478. The molecule has 1 heterocycles. The van der Waals surface area contributed by atoms with E-state index in [4.69, 9.17) is 0 Å². The Balaban J connectivity index is 2.17. The van der Waals surface area contributed by atoms with E-state index in [0.717, 1.165) is 19.0 Å². The molecule has 0 atom stereocenters. The van der Waals surface area contributed by atoms with Crippen molar-refractivity contribution < 1.29 is 9.31 Å². The summed E-state index contributed by atoms with van der Waals surface area (Å²) in [6.45, 7) is 3.52. The second kappa shape index (κ2) is 6.89. The average molecular weight is 293 g/mol. The molecule has 2 rings (SSSR count). The van der Waals surface area contributed by atoms with Gasteiger partial charge in [0.1, 0.15) is 12.2 Å². The van der Waals surface area contributed by atoms with Gasteiger partial charge in [-0.05, 0) is 13.0 Å². The number of rotatable bonds is 7. The smallest absolute Gasteiger partial charge is 0.305 e. The summed E-state index contributed by atoms with van der Waals surface area (Å²) >= 11 is 0. The molecular formula is C13H16FN5O2. The van der Waals surface area contributed by atoms with Crippen molar-refractivity contribution in [2.45, 2.75) is 26.4 Å². The molecule has 0 aliphatic carbocycles. The molecule has 0 saturated carbocycles. The van der Waals surface area contributed by atoms with Gasteiger partial charge in [-0.3, -0.25) is 10.1 Å². The van der Waals surface area contributed by atoms with Crippen molar-refractivity contribution in [2.24, 2.45) is 0 Å². The summed E-state index contributed by atoms with van der Waals surface area (Å²) in [7, 11) is 0. The fourth-order valence-electron chi connectivity index (χ4n) is 1.92. The van der Waals surface area contributed by atoms with Crippen LogP contribution in [0.3, 0.4) is 0 Å². The van der Waals surface area contributed by atoms with Crippen LogP contribution in [0.4, 0.5) is 10.1 Å². The Morgan fingerprint density at radius 3 is 3.00 bits per heavy atom. The summed E-state index contributed by atoms with van der Waals surface area (Å²) in [5.41, 5.74) is -0.315. The van der Waals surface area contributed by atoms with Gasteiger partial charge >= 0.3 is 5.69 Å². The van der Waals surface area contributed by atoms with Gasteiger partial charge in [-0.2, -0.15) is 9.49 Å². The van der Waals surface area contributed by atoms with Gasteiger partial charge in [-0.1, -0.05) is 19.1 Å². The Hall–Kier alpha value is -2.35. The molecule has 0 aliphatic heterocycles. The van der Waals surface area contributed by atoms with E-state index in [1.165, 1.54) is 23.1 Å². The van der Waals surface area contributed by atoms with E-state index in [0.29, 0.717) is 12.4 Å². The lowest BCUT2D eigenvalue weighted by molar-refractivity contribution is -0.387. The molecule has 7 nitrogen and oxygen atoms in total. The van der Waals surface area contributed by atoms with Crippen LogP contribution in [0.15, 0.2) is 24.5 Å². The van der Waals surface area contributed by atoms with Gasteiger partial charge in [0, 0.05) is 11.6 Å². The number of hydrogen-bond acceptors (Lipinski definition) is 5. The lowest BCUT2D eigenvalue weighted by Gasteiger charge is -2.08. The van der Waals surface area contributed by atoms with Crippen LogP contribution in [0, 0.1) is 15.9 Å². The van der Waals surface area contributed by atoms with Crippen LogP contribution >= 0.6 is 0 Å². The molecule has 8 heteroatoms. The topological polar surface area (TPSA) is 85.9 Å². The zero-order chi connectivity index (χ0) is 15.2. The van der Waals surface area contributed by atoms with Gasteiger partial charge in [-0.15, -0.1) is 0 Å². The molecular weight excluding hydrogens is 277 g/mol. The van der Waals surface area contributed by atoms with Crippen molar-refractivity contribution in [1.82, 2.24) is 20.1 Å².